The fourth-order valence-corrected chi connectivity index (χ4v) is 3.74. The second kappa shape index (κ2) is 14.6. The largest absolute Gasteiger partial charge is 0.341 e. The van der Waals surface area contributed by atoms with E-state index in [9.17, 15) is 14.4 Å². The molecular weight excluding hydrogens is 422 g/mol. The molecule has 0 radical (unpaired) electrons. The number of hydrogen-bond acceptors (Lipinski definition) is 4. The SMILES string of the molecule is C=CC(=O)CCCc1ccc(N(CCCC(=O)C=C)c2ccc(CCCC(=O)C=C)cc2)cc1. The molecule has 0 aliphatic carbocycles. The van der Waals surface area contributed by atoms with Gasteiger partial charge in [-0.25, -0.2) is 0 Å². The Kier molecular flexibility index (Phi) is 11.5. The lowest BCUT2D eigenvalue weighted by Gasteiger charge is -2.25. The van der Waals surface area contributed by atoms with E-state index in [1.54, 1.807) is 0 Å². The molecule has 0 saturated heterocycles. The molecule has 2 aromatic carbocycles. The first-order valence-corrected chi connectivity index (χ1v) is 11.9. The molecule has 178 valence electrons. The molecule has 0 aliphatic heterocycles. The van der Waals surface area contributed by atoms with E-state index in [1.807, 2.05) is 0 Å². The molecule has 0 aromatic heterocycles. The molecule has 0 aliphatic rings. The van der Waals surface area contributed by atoms with Gasteiger partial charge in [-0.05, 0) is 85.7 Å². The van der Waals surface area contributed by atoms with Crippen LogP contribution in [0.4, 0.5) is 11.4 Å². The van der Waals surface area contributed by atoms with Gasteiger partial charge in [-0.3, -0.25) is 14.4 Å². The third-order valence-electron chi connectivity index (χ3n) is 5.76. The fraction of sp³-hybridized carbons (Fsp3) is 0.300. The Bertz CT molecular complexity index is 917. The molecule has 0 fully saturated rings. The predicted molar refractivity (Wildman–Crippen MR) is 141 cm³/mol. The van der Waals surface area contributed by atoms with E-state index in [0.717, 1.165) is 43.5 Å². The van der Waals surface area contributed by atoms with Crippen molar-refractivity contribution in [3.05, 3.63) is 97.6 Å². The third-order valence-corrected chi connectivity index (χ3v) is 5.76. The first kappa shape index (κ1) is 26.7. The maximum Gasteiger partial charge on any atom is 0.155 e. The van der Waals surface area contributed by atoms with Crippen LogP contribution in [0.3, 0.4) is 0 Å². The van der Waals surface area contributed by atoms with Crippen molar-refractivity contribution in [3.63, 3.8) is 0 Å². The average Bonchev–Trinajstić information content (AvgIpc) is 2.87. The minimum absolute atomic E-state index is 0.0498. The number of nitrogens with zero attached hydrogens (tertiary/aromatic N) is 1. The fourth-order valence-electron chi connectivity index (χ4n) is 3.74. The van der Waals surface area contributed by atoms with Gasteiger partial charge in [0.05, 0.1) is 0 Å². The monoisotopic (exact) mass is 457 g/mol. The molecule has 0 heterocycles. The third kappa shape index (κ3) is 9.14. The number of aryl methyl sites for hydroxylation is 2. The number of carbonyl (C=O) groups is 3. The van der Waals surface area contributed by atoms with Gasteiger partial charge in [-0.2, -0.15) is 0 Å². The number of carbonyl (C=O) groups excluding carboxylic acids is 3. The molecule has 0 unspecified atom stereocenters. The lowest BCUT2D eigenvalue weighted by Crippen LogP contribution is -2.19. The van der Waals surface area contributed by atoms with Gasteiger partial charge in [0.15, 0.2) is 17.3 Å². The summed E-state index contributed by atoms with van der Waals surface area (Å²) in [7, 11) is 0. The van der Waals surface area contributed by atoms with Crippen molar-refractivity contribution in [2.24, 2.45) is 0 Å². The zero-order chi connectivity index (χ0) is 24.8. The Hall–Kier alpha value is -3.53. The van der Waals surface area contributed by atoms with Gasteiger partial charge in [0.25, 0.3) is 0 Å². The van der Waals surface area contributed by atoms with Gasteiger partial charge in [-0.15, -0.1) is 0 Å². The molecule has 0 atom stereocenters. The Morgan fingerprint density at radius 1 is 0.588 bits per heavy atom. The number of benzene rings is 2. The zero-order valence-electron chi connectivity index (χ0n) is 20.0. The molecule has 34 heavy (non-hydrogen) atoms. The van der Waals surface area contributed by atoms with E-state index in [4.69, 9.17) is 0 Å². The van der Waals surface area contributed by atoms with Crippen molar-refractivity contribution in [3.8, 4) is 0 Å². The van der Waals surface area contributed by atoms with Crippen LogP contribution in [-0.4, -0.2) is 23.9 Å². The maximum absolute atomic E-state index is 11.7. The molecule has 4 nitrogen and oxygen atoms in total. The van der Waals surface area contributed by atoms with E-state index in [2.05, 4.69) is 73.2 Å². The Morgan fingerprint density at radius 2 is 0.941 bits per heavy atom. The van der Waals surface area contributed by atoms with Crippen molar-refractivity contribution in [2.75, 3.05) is 11.4 Å². The summed E-state index contributed by atoms with van der Waals surface area (Å²) in [6, 6.07) is 16.8. The van der Waals surface area contributed by atoms with Gasteiger partial charge in [0, 0.05) is 37.2 Å². The second-order valence-corrected chi connectivity index (χ2v) is 8.31. The van der Waals surface area contributed by atoms with Gasteiger partial charge >= 0.3 is 0 Å². The number of hydrogen-bond donors (Lipinski definition) is 0. The minimum Gasteiger partial charge on any atom is -0.341 e. The Labute approximate surface area is 203 Å². The minimum atomic E-state index is 0.0498. The summed E-state index contributed by atoms with van der Waals surface area (Å²) < 4.78 is 0. The maximum atomic E-state index is 11.7. The molecular formula is C30H35NO3. The summed E-state index contributed by atoms with van der Waals surface area (Å²) in [5.41, 5.74) is 4.49. The van der Waals surface area contributed by atoms with E-state index in [0.29, 0.717) is 25.8 Å². The highest BCUT2D eigenvalue weighted by molar-refractivity contribution is 5.89. The topological polar surface area (TPSA) is 54.5 Å². The standard InChI is InChI=1S/C30H35NO3/c1-4-28(32)12-7-10-24-15-19-26(20-16-24)31(23-9-14-30(34)6-3)27-21-17-25(18-22-27)11-8-13-29(33)5-2/h4-6,15-22H,1-3,7-14,23H2. The normalized spacial score (nSPS) is 10.4. The van der Waals surface area contributed by atoms with Crippen LogP contribution in [0.15, 0.2) is 86.5 Å². The summed E-state index contributed by atoms with van der Waals surface area (Å²) in [6.45, 7) is 11.3. The summed E-state index contributed by atoms with van der Waals surface area (Å²) in [5.74, 6) is 0.203. The molecule has 4 heteroatoms. The van der Waals surface area contributed by atoms with Gasteiger partial charge in [0.1, 0.15) is 0 Å². The number of ketones is 3. The lowest BCUT2D eigenvalue weighted by atomic mass is 10.0. The Morgan fingerprint density at radius 3 is 1.29 bits per heavy atom. The highest BCUT2D eigenvalue weighted by Crippen LogP contribution is 2.27. The van der Waals surface area contributed by atoms with Gasteiger partial charge < -0.3 is 4.90 Å². The number of allylic oxidation sites excluding steroid dienone is 3. The van der Waals surface area contributed by atoms with Crippen molar-refractivity contribution in [2.45, 2.75) is 51.4 Å². The predicted octanol–water partition coefficient (Wildman–Crippen LogP) is 6.52. The van der Waals surface area contributed by atoms with Crippen LogP contribution in [0.2, 0.25) is 0 Å². The molecule has 0 amide bonds. The molecule has 0 bridgehead atoms. The molecule has 2 aromatic rings. The van der Waals surface area contributed by atoms with E-state index in [-0.39, 0.29) is 17.3 Å². The van der Waals surface area contributed by atoms with Crippen LogP contribution in [0, 0.1) is 0 Å². The van der Waals surface area contributed by atoms with E-state index >= 15 is 0 Å². The van der Waals surface area contributed by atoms with Crippen LogP contribution in [0.1, 0.15) is 49.7 Å². The molecule has 0 spiro atoms. The smallest absolute Gasteiger partial charge is 0.155 e. The highest BCUT2D eigenvalue weighted by atomic mass is 16.1. The Balaban J connectivity index is 2.09. The van der Waals surface area contributed by atoms with Gasteiger partial charge in [0.2, 0.25) is 0 Å². The van der Waals surface area contributed by atoms with E-state index in [1.165, 1.54) is 29.4 Å². The van der Waals surface area contributed by atoms with Crippen LogP contribution < -0.4 is 4.90 Å². The van der Waals surface area contributed by atoms with Gasteiger partial charge in [-0.1, -0.05) is 44.0 Å². The van der Waals surface area contributed by atoms with Crippen molar-refractivity contribution >= 4 is 28.7 Å². The first-order valence-electron chi connectivity index (χ1n) is 11.9. The van der Waals surface area contributed by atoms with Crippen LogP contribution in [0.5, 0.6) is 0 Å². The average molecular weight is 458 g/mol. The molecule has 2 rings (SSSR count). The summed E-state index contributed by atoms with van der Waals surface area (Å²) >= 11 is 0. The zero-order valence-corrected chi connectivity index (χ0v) is 20.0. The number of anilines is 2. The molecule has 0 saturated carbocycles. The summed E-state index contributed by atoms with van der Waals surface area (Å²) in [4.78, 5) is 36.8. The van der Waals surface area contributed by atoms with Crippen molar-refractivity contribution in [1.82, 2.24) is 0 Å². The van der Waals surface area contributed by atoms with Crippen molar-refractivity contribution in [1.29, 1.82) is 0 Å². The quantitative estimate of drug-likeness (QED) is 0.254. The van der Waals surface area contributed by atoms with Crippen LogP contribution in [-0.2, 0) is 27.2 Å². The summed E-state index contributed by atoms with van der Waals surface area (Å²) in [6.07, 6.45) is 9.65. The van der Waals surface area contributed by atoms with Crippen molar-refractivity contribution < 1.29 is 14.4 Å². The van der Waals surface area contributed by atoms with E-state index < -0.39 is 0 Å². The highest BCUT2D eigenvalue weighted by Gasteiger charge is 2.11. The summed E-state index contributed by atoms with van der Waals surface area (Å²) in [5, 5.41) is 0. The lowest BCUT2D eigenvalue weighted by molar-refractivity contribution is -0.115. The number of rotatable bonds is 17. The van der Waals surface area contributed by atoms with Crippen LogP contribution in [0.25, 0.3) is 0 Å². The molecule has 0 N–H and O–H groups in total. The first-order chi connectivity index (χ1) is 16.5. The van der Waals surface area contributed by atoms with Crippen LogP contribution >= 0.6 is 0 Å². The second-order valence-electron chi connectivity index (χ2n) is 8.31.